The van der Waals surface area contributed by atoms with Gasteiger partial charge in [0, 0.05) is 11.1 Å². The number of fused-ring (bicyclic) bond motifs is 2. The van der Waals surface area contributed by atoms with E-state index in [1.165, 1.54) is 13.0 Å². The number of anilines is 1. The van der Waals surface area contributed by atoms with Gasteiger partial charge < -0.3 is 10.1 Å². The molecular formula is C23H17ClN2O3. The van der Waals surface area contributed by atoms with E-state index in [2.05, 4.69) is 10.3 Å². The molecular weight excluding hydrogens is 388 g/mol. The van der Waals surface area contributed by atoms with Gasteiger partial charge in [0.25, 0.3) is 5.91 Å². The maximum absolute atomic E-state index is 12.7. The molecule has 1 aromatic heterocycles. The molecule has 1 N–H and O–H groups in total. The molecule has 0 fully saturated rings. The lowest BCUT2D eigenvalue weighted by Gasteiger charge is -2.15. The van der Waals surface area contributed by atoms with Crippen LogP contribution in [0.25, 0.3) is 21.7 Å². The van der Waals surface area contributed by atoms with Crippen LogP contribution >= 0.6 is 11.6 Å². The Kier molecular flexibility index (Phi) is 5.14. The first-order chi connectivity index (χ1) is 14.0. The molecule has 29 heavy (non-hydrogen) atoms. The molecule has 0 bridgehead atoms. The molecule has 0 saturated heterocycles. The maximum atomic E-state index is 12.7. The summed E-state index contributed by atoms with van der Waals surface area (Å²) < 4.78 is 5.38. The summed E-state index contributed by atoms with van der Waals surface area (Å²) in [5.41, 5.74) is 1.49. The fourth-order valence-electron chi connectivity index (χ4n) is 3.10. The lowest BCUT2D eigenvalue weighted by atomic mass is 10.1. The lowest BCUT2D eigenvalue weighted by molar-refractivity contribution is -0.123. The predicted octanol–water partition coefficient (Wildman–Crippen LogP) is 5.23. The van der Waals surface area contributed by atoms with E-state index in [0.717, 1.165) is 10.8 Å². The third kappa shape index (κ3) is 4.05. The van der Waals surface area contributed by atoms with Crippen molar-refractivity contribution >= 4 is 50.8 Å². The molecule has 5 nitrogen and oxygen atoms in total. The molecule has 1 amide bonds. The van der Waals surface area contributed by atoms with Gasteiger partial charge in [0.15, 0.2) is 6.10 Å². The van der Waals surface area contributed by atoms with Crippen LogP contribution in [0.5, 0.6) is 0 Å². The highest BCUT2D eigenvalue weighted by molar-refractivity contribution is 6.30. The summed E-state index contributed by atoms with van der Waals surface area (Å²) in [7, 11) is 0. The molecule has 0 unspecified atom stereocenters. The Balaban J connectivity index is 1.50. The Morgan fingerprint density at radius 1 is 0.966 bits per heavy atom. The first-order valence-electron chi connectivity index (χ1n) is 9.07. The van der Waals surface area contributed by atoms with Crippen LogP contribution in [0.4, 0.5) is 5.69 Å². The number of aromatic nitrogens is 1. The summed E-state index contributed by atoms with van der Waals surface area (Å²) in [5.74, 6) is -1.05. The summed E-state index contributed by atoms with van der Waals surface area (Å²) in [6, 6.07) is 22.0. The summed E-state index contributed by atoms with van der Waals surface area (Å²) in [5, 5.41) is 5.67. The van der Waals surface area contributed by atoms with Crippen molar-refractivity contribution in [1.82, 2.24) is 4.98 Å². The Morgan fingerprint density at radius 3 is 2.52 bits per heavy atom. The number of halogens is 1. The highest BCUT2D eigenvalue weighted by atomic mass is 35.5. The number of ether oxygens (including phenoxy) is 1. The van der Waals surface area contributed by atoms with E-state index >= 15 is 0 Å². The molecule has 144 valence electrons. The van der Waals surface area contributed by atoms with E-state index in [9.17, 15) is 9.59 Å². The molecule has 1 heterocycles. The Hall–Kier alpha value is -3.44. The summed E-state index contributed by atoms with van der Waals surface area (Å²) >= 11 is 6.02. The second-order valence-corrected chi connectivity index (χ2v) is 7.00. The van der Waals surface area contributed by atoms with E-state index < -0.39 is 18.0 Å². The molecule has 0 aliphatic carbocycles. The van der Waals surface area contributed by atoms with Crippen molar-refractivity contribution < 1.29 is 14.3 Å². The molecule has 3 aromatic carbocycles. The number of amides is 1. The Bertz CT molecular complexity index is 1240. The van der Waals surface area contributed by atoms with Crippen molar-refractivity contribution in [2.24, 2.45) is 0 Å². The minimum Gasteiger partial charge on any atom is -0.449 e. The van der Waals surface area contributed by atoms with Crippen LogP contribution in [0.1, 0.15) is 17.3 Å². The van der Waals surface area contributed by atoms with Gasteiger partial charge in [-0.3, -0.25) is 4.79 Å². The average Bonchev–Trinajstić information content (AvgIpc) is 2.72. The zero-order valence-electron chi connectivity index (χ0n) is 15.6. The molecule has 0 aliphatic rings. The van der Waals surface area contributed by atoms with Gasteiger partial charge >= 0.3 is 5.97 Å². The summed E-state index contributed by atoms with van der Waals surface area (Å²) in [6.07, 6.45) is -0.986. The van der Waals surface area contributed by atoms with Crippen molar-refractivity contribution in [3.05, 3.63) is 83.5 Å². The second-order valence-electron chi connectivity index (χ2n) is 6.61. The number of hydrogen-bond donors (Lipinski definition) is 1. The standard InChI is InChI=1S/C23H17ClN2O3/c1-14(22(27)25-17-11-10-15-6-2-3-7-16(15)12-17)29-23(28)19-13-21(24)26-20-9-5-4-8-18(19)20/h2-14H,1H3,(H,25,27)/t14-/m1/s1. The fraction of sp³-hybridized carbons (Fsp3) is 0.0870. The second kappa shape index (κ2) is 7.89. The van der Waals surface area contributed by atoms with Crippen LogP contribution in [0.2, 0.25) is 5.15 Å². The number of carbonyl (C=O) groups excluding carboxylic acids is 2. The van der Waals surface area contributed by atoms with Gasteiger partial charge in [-0.25, -0.2) is 9.78 Å². The van der Waals surface area contributed by atoms with Crippen LogP contribution in [-0.2, 0) is 9.53 Å². The quantitative estimate of drug-likeness (QED) is 0.373. The molecule has 0 radical (unpaired) electrons. The number of nitrogens with zero attached hydrogens (tertiary/aromatic N) is 1. The van der Waals surface area contributed by atoms with Crippen molar-refractivity contribution in [2.45, 2.75) is 13.0 Å². The molecule has 0 spiro atoms. The van der Waals surface area contributed by atoms with E-state index in [0.29, 0.717) is 16.6 Å². The zero-order chi connectivity index (χ0) is 20.4. The predicted molar refractivity (Wildman–Crippen MR) is 114 cm³/mol. The van der Waals surface area contributed by atoms with Gasteiger partial charge in [0.2, 0.25) is 0 Å². The number of pyridine rings is 1. The first-order valence-corrected chi connectivity index (χ1v) is 9.45. The van der Waals surface area contributed by atoms with E-state index in [-0.39, 0.29) is 10.7 Å². The van der Waals surface area contributed by atoms with Crippen molar-refractivity contribution in [3.8, 4) is 0 Å². The molecule has 1 atom stereocenters. The number of esters is 1. The lowest BCUT2D eigenvalue weighted by Crippen LogP contribution is -2.30. The number of hydrogen-bond acceptors (Lipinski definition) is 4. The summed E-state index contributed by atoms with van der Waals surface area (Å²) in [6.45, 7) is 1.53. The number of carbonyl (C=O) groups is 2. The highest BCUT2D eigenvalue weighted by Gasteiger charge is 2.21. The number of nitrogens with one attached hydrogen (secondary N) is 1. The Morgan fingerprint density at radius 2 is 1.69 bits per heavy atom. The third-order valence-electron chi connectivity index (χ3n) is 4.57. The Labute approximate surface area is 172 Å². The molecule has 0 saturated carbocycles. The zero-order valence-corrected chi connectivity index (χ0v) is 16.3. The van der Waals surface area contributed by atoms with Crippen LogP contribution in [0.15, 0.2) is 72.8 Å². The topological polar surface area (TPSA) is 68.3 Å². The van der Waals surface area contributed by atoms with Crippen LogP contribution in [0, 0.1) is 0 Å². The van der Waals surface area contributed by atoms with Crippen molar-refractivity contribution in [1.29, 1.82) is 0 Å². The third-order valence-corrected chi connectivity index (χ3v) is 4.77. The van der Waals surface area contributed by atoms with Crippen LogP contribution < -0.4 is 5.32 Å². The smallest absolute Gasteiger partial charge is 0.339 e. The average molecular weight is 405 g/mol. The molecule has 6 heteroatoms. The molecule has 4 aromatic rings. The number of para-hydroxylation sites is 1. The van der Waals surface area contributed by atoms with Crippen LogP contribution in [-0.4, -0.2) is 23.0 Å². The van der Waals surface area contributed by atoms with Gasteiger partial charge in [-0.2, -0.15) is 0 Å². The monoisotopic (exact) mass is 404 g/mol. The number of rotatable bonds is 4. The van der Waals surface area contributed by atoms with Gasteiger partial charge in [0.05, 0.1) is 11.1 Å². The van der Waals surface area contributed by atoms with Gasteiger partial charge in [-0.05, 0) is 42.0 Å². The van der Waals surface area contributed by atoms with E-state index in [4.69, 9.17) is 16.3 Å². The maximum Gasteiger partial charge on any atom is 0.339 e. The number of benzene rings is 3. The largest absolute Gasteiger partial charge is 0.449 e. The minimum absolute atomic E-state index is 0.184. The van der Waals surface area contributed by atoms with E-state index in [1.807, 2.05) is 42.5 Å². The van der Waals surface area contributed by atoms with Gasteiger partial charge in [0.1, 0.15) is 5.15 Å². The minimum atomic E-state index is -0.986. The normalized spacial score (nSPS) is 11.9. The highest BCUT2D eigenvalue weighted by Crippen LogP contribution is 2.23. The van der Waals surface area contributed by atoms with Gasteiger partial charge in [-0.15, -0.1) is 0 Å². The van der Waals surface area contributed by atoms with Gasteiger partial charge in [-0.1, -0.05) is 60.1 Å². The molecule has 4 rings (SSSR count). The first kappa shape index (κ1) is 18.9. The fourth-order valence-corrected chi connectivity index (χ4v) is 3.30. The van der Waals surface area contributed by atoms with Crippen molar-refractivity contribution in [2.75, 3.05) is 5.32 Å². The van der Waals surface area contributed by atoms with Crippen LogP contribution in [0.3, 0.4) is 0 Å². The van der Waals surface area contributed by atoms with Crippen molar-refractivity contribution in [3.63, 3.8) is 0 Å². The SMILES string of the molecule is C[C@@H](OC(=O)c1cc(Cl)nc2ccccc12)C(=O)Nc1ccc2ccccc2c1. The van der Waals surface area contributed by atoms with E-state index in [1.54, 1.807) is 24.3 Å². The molecule has 0 aliphatic heterocycles. The summed E-state index contributed by atoms with van der Waals surface area (Å²) in [4.78, 5) is 29.4.